The Bertz CT molecular complexity index is 659. The fourth-order valence-corrected chi connectivity index (χ4v) is 4.97. The second-order valence-corrected chi connectivity index (χ2v) is 8.52. The third kappa shape index (κ3) is 3.89. The van der Waals surface area contributed by atoms with E-state index in [9.17, 15) is 8.42 Å². The lowest BCUT2D eigenvalue weighted by Crippen LogP contribution is -2.22. The number of thiophene rings is 2. The van der Waals surface area contributed by atoms with Crippen molar-refractivity contribution in [1.82, 2.24) is 10.0 Å². The van der Waals surface area contributed by atoms with Crippen LogP contribution in [0.3, 0.4) is 0 Å². The predicted octanol–water partition coefficient (Wildman–Crippen LogP) is 2.71. The highest BCUT2D eigenvalue weighted by molar-refractivity contribution is 7.91. The average molecular weight is 330 g/mol. The Morgan fingerprint density at radius 3 is 2.65 bits per heavy atom. The Hall–Kier alpha value is -0.730. The van der Waals surface area contributed by atoms with Gasteiger partial charge in [-0.2, -0.15) is 0 Å². The molecule has 0 bridgehead atoms. The normalized spacial score (nSPS) is 11.9. The molecular weight excluding hydrogens is 312 g/mol. The van der Waals surface area contributed by atoms with Crippen molar-refractivity contribution < 1.29 is 8.42 Å². The molecule has 0 aliphatic rings. The van der Waals surface area contributed by atoms with Crippen molar-refractivity contribution in [2.75, 3.05) is 6.54 Å². The van der Waals surface area contributed by atoms with Crippen LogP contribution in [0.4, 0.5) is 0 Å². The second-order valence-electron chi connectivity index (χ2n) is 4.35. The monoisotopic (exact) mass is 330 g/mol. The SMILES string of the molecule is CCNCc1ccc(S(=O)(=O)NCc2sccc2C)s1. The van der Waals surface area contributed by atoms with Crippen LogP contribution in [0.25, 0.3) is 0 Å². The van der Waals surface area contributed by atoms with E-state index < -0.39 is 10.0 Å². The third-order valence-electron chi connectivity index (χ3n) is 2.84. The number of hydrogen-bond donors (Lipinski definition) is 2. The fraction of sp³-hybridized carbons (Fsp3) is 0.385. The van der Waals surface area contributed by atoms with E-state index in [1.54, 1.807) is 17.4 Å². The van der Waals surface area contributed by atoms with Gasteiger partial charge < -0.3 is 5.32 Å². The first-order valence-electron chi connectivity index (χ1n) is 6.35. The highest BCUT2D eigenvalue weighted by atomic mass is 32.2. The summed E-state index contributed by atoms with van der Waals surface area (Å²) in [5.41, 5.74) is 1.12. The molecule has 4 nitrogen and oxygen atoms in total. The highest BCUT2D eigenvalue weighted by Gasteiger charge is 2.17. The van der Waals surface area contributed by atoms with E-state index in [0.717, 1.165) is 21.9 Å². The van der Waals surface area contributed by atoms with Gasteiger partial charge >= 0.3 is 0 Å². The van der Waals surface area contributed by atoms with Crippen molar-refractivity contribution in [3.63, 3.8) is 0 Å². The average Bonchev–Trinajstić information content (AvgIpc) is 3.03. The summed E-state index contributed by atoms with van der Waals surface area (Å²) in [6.45, 7) is 5.94. The maximum absolute atomic E-state index is 12.2. The van der Waals surface area contributed by atoms with Crippen molar-refractivity contribution in [2.45, 2.75) is 31.1 Å². The molecule has 0 spiro atoms. The van der Waals surface area contributed by atoms with Crippen LogP contribution in [-0.4, -0.2) is 15.0 Å². The molecule has 0 fully saturated rings. The van der Waals surface area contributed by atoms with Crippen LogP contribution in [0.5, 0.6) is 0 Å². The molecule has 0 aliphatic carbocycles. The minimum atomic E-state index is -3.41. The predicted molar refractivity (Wildman–Crippen MR) is 84.8 cm³/mol. The Morgan fingerprint density at radius 1 is 1.20 bits per heavy atom. The maximum atomic E-state index is 12.2. The van der Waals surface area contributed by atoms with Gasteiger partial charge in [-0.1, -0.05) is 6.92 Å². The molecule has 110 valence electrons. The minimum Gasteiger partial charge on any atom is -0.312 e. The Morgan fingerprint density at radius 2 is 2.00 bits per heavy atom. The van der Waals surface area contributed by atoms with Gasteiger partial charge in [-0.05, 0) is 42.6 Å². The first-order valence-corrected chi connectivity index (χ1v) is 9.53. The van der Waals surface area contributed by atoms with Crippen LogP contribution in [0, 0.1) is 6.92 Å². The molecule has 2 aromatic rings. The van der Waals surface area contributed by atoms with E-state index in [1.165, 1.54) is 11.3 Å². The first kappa shape index (κ1) is 15.7. The standard InChI is InChI=1S/C13H18N2O2S3/c1-3-14-8-11-4-5-13(19-11)20(16,17)15-9-12-10(2)6-7-18-12/h4-7,14-15H,3,8-9H2,1-2H3. The highest BCUT2D eigenvalue weighted by Crippen LogP contribution is 2.22. The molecule has 0 saturated heterocycles. The van der Waals surface area contributed by atoms with Crippen LogP contribution in [-0.2, 0) is 23.1 Å². The molecule has 0 saturated carbocycles. The number of rotatable bonds is 7. The van der Waals surface area contributed by atoms with Crippen LogP contribution in [0.15, 0.2) is 27.8 Å². The van der Waals surface area contributed by atoms with Crippen molar-refractivity contribution in [3.05, 3.63) is 38.9 Å². The van der Waals surface area contributed by atoms with Crippen LogP contribution in [0.2, 0.25) is 0 Å². The summed E-state index contributed by atoms with van der Waals surface area (Å²) in [6, 6.07) is 5.52. The van der Waals surface area contributed by atoms with Crippen molar-refractivity contribution >= 4 is 32.7 Å². The fourth-order valence-electron chi connectivity index (χ4n) is 1.66. The van der Waals surface area contributed by atoms with E-state index >= 15 is 0 Å². The van der Waals surface area contributed by atoms with E-state index in [-0.39, 0.29) is 0 Å². The summed E-state index contributed by atoms with van der Waals surface area (Å²) >= 11 is 2.88. The molecule has 0 atom stereocenters. The number of aryl methyl sites for hydroxylation is 1. The minimum absolute atomic E-state index is 0.353. The summed E-state index contributed by atoms with van der Waals surface area (Å²) in [6.07, 6.45) is 0. The van der Waals surface area contributed by atoms with Gasteiger partial charge in [-0.3, -0.25) is 0 Å². The summed E-state index contributed by atoms with van der Waals surface area (Å²) in [5, 5.41) is 5.16. The summed E-state index contributed by atoms with van der Waals surface area (Å²) in [5.74, 6) is 0. The first-order chi connectivity index (χ1) is 9.53. The van der Waals surface area contributed by atoms with Crippen molar-refractivity contribution in [1.29, 1.82) is 0 Å². The van der Waals surface area contributed by atoms with Crippen molar-refractivity contribution in [3.8, 4) is 0 Å². The molecule has 0 radical (unpaired) electrons. The number of sulfonamides is 1. The molecule has 2 aromatic heterocycles. The largest absolute Gasteiger partial charge is 0.312 e. The lowest BCUT2D eigenvalue weighted by Gasteiger charge is -2.04. The van der Waals surface area contributed by atoms with Crippen LogP contribution >= 0.6 is 22.7 Å². The van der Waals surface area contributed by atoms with E-state index in [4.69, 9.17) is 0 Å². The van der Waals surface area contributed by atoms with Gasteiger partial charge in [0, 0.05) is 22.8 Å². The lowest BCUT2D eigenvalue weighted by molar-refractivity contribution is 0.584. The van der Waals surface area contributed by atoms with E-state index in [1.807, 2.05) is 31.4 Å². The molecular formula is C13H18N2O2S3. The third-order valence-corrected chi connectivity index (χ3v) is 6.84. The Balaban J connectivity index is 2.03. The quantitative estimate of drug-likeness (QED) is 0.821. The molecule has 0 aliphatic heterocycles. The van der Waals surface area contributed by atoms with Gasteiger partial charge in [0.25, 0.3) is 0 Å². The van der Waals surface area contributed by atoms with Gasteiger partial charge in [-0.25, -0.2) is 13.1 Å². The Labute approximate surface area is 127 Å². The van der Waals surface area contributed by atoms with Gasteiger partial charge in [0.2, 0.25) is 10.0 Å². The molecule has 7 heteroatoms. The Kier molecular flexibility index (Phi) is 5.34. The number of hydrogen-bond acceptors (Lipinski definition) is 5. The van der Waals surface area contributed by atoms with E-state index in [0.29, 0.717) is 17.3 Å². The number of nitrogens with one attached hydrogen (secondary N) is 2. The zero-order chi connectivity index (χ0) is 14.6. The zero-order valence-electron chi connectivity index (χ0n) is 11.5. The van der Waals surface area contributed by atoms with Gasteiger partial charge in [-0.15, -0.1) is 22.7 Å². The molecule has 2 N–H and O–H groups in total. The molecule has 0 unspecified atom stereocenters. The summed E-state index contributed by atoms with van der Waals surface area (Å²) in [4.78, 5) is 2.08. The molecule has 0 aromatic carbocycles. The maximum Gasteiger partial charge on any atom is 0.250 e. The lowest BCUT2D eigenvalue weighted by atomic mass is 10.3. The second kappa shape index (κ2) is 6.82. The summed E-state index contributed by atoms with van der Waals surface area (Å²) in [7, 11) is -3.41. The molecule has 0 amide bonds. The van der Waals surface area contributed by atoms with Gasteiger partial charge in [0.15, 0.2) is 0 Å². The van der Waals surface area contributed by atoms with Crippen LogP contribution in [0.1, 0.15) is 22.2 Å². The molecule has 2 heterocycles. The zero-order valence-corrected chi connectivity index (χ0v) is 13.9. The molecule has 20 heavy (non-hydrogen) atoms. The summed E-state index contributed by atoms with van der Waals surface area (Å²) < 4.78 is 27.5. The molecule has 2 rings (SSSR count). The van der Waals surface area contributed by atoms with Gasteiger partial charge in [0.1, 0.15) is 4.21 Å². The van der Waals surface area contributed by atoms with Gasteiger partial charge in [0.05, 0.1) is 0 Å². The van der Waals surface area contributed by atoms with Crippen LogP contribution < -0.4 is 10.0 Å². The van der Waals surface area contributed by atoms with E-state index in [2.05, 4.69) is 10.0 Å². The van der Waals surface area contributed by atoms with Crippen molar-refractivity contribution in [2.24, 2.45) is 0 Å². The smallest absolute Gasteiger partial charge is 0.250 e. The topological polar surface area (TPSA) is 58.2 Å².